The lowest BCUT2D eigenvalue weighted by Crippen LogP contribution is -2.49. The molecule has 2 aromatic carbocycles. The van der Waals surface area contributed by atoms with Crippen LogP contribution in [0.3, 0.4) is 0 Å². The molecule has 0 fully saturated rings. The fourth-order valence-corrected chi connectivity index (χ4v) is 3.76. The minimum absolute atomic E-state index is 0. The minimum atomic E-state index is -0.236. The van der Waals surface area contributed by atoms with Crippen LogP contribution in [-0.4, -0.2) is 36.6 Å². The van der Waals surface area contributed by atoms with Crippen molar-refractivity contribution in [3.63, 3.8) is 0 Å². The summed E-state index contributed by atoms with van der Waals surface area (Å²) in [7, 11) is 1.83. The number of carbonyl (C=O) groups excluding carboxylic acids is 1. The normalized spacial score (nSPS) is 13.8. The average molecular weight is 454 g/mol. The first kappa shape index (κ1) is 26.6. The molecule has 3 N–H and O–H groups in total. The zero-order chi connectivity index (χ0) is 22.8. The minimum Gasteiger partial charge on any atom is -0.361 e. The van der Waals surface area contributed by atoms with Crippen LogP contribution in [0.4, 0.5) is 0 Å². The Morgan fingerprint density at radius 3 is 2.52 bits per heavy atom. The Morgan fingerprint density at radius 2 is 1.79 bits per heavy atom. The van der Waals surface area contributed by atoms with Crippen LogP contribution < -0.4 is 10.6 Å². The van der Waals surface area contributed by atoms with Crippen LogP contribution in [0.15, 0.2) is 60.8 Å². The van der Waals surface area contributed by atoms with Crippen LogP contribution in [-0.2, 0) is 27.6 Å². The van der Waals surface area contributed by atoms with Gasteiger partial charge in [0.15, 0.2) is 0 Å². The van der Waals surface area contributed by atoms with Gasteiger partial charge in [0.05, 0.1) is 12.1 Å². The topological polar surface area (TPSA) is 75.4 Å². The van der Waals surface area contributed by atoms with Gasteiger partial charge in [0.25, 0.3) is 0 Å². The number of para-hydroxylation sites is 1. The van der Waals surface area contributed by atoms with Crippen molar-refractivity contribution in [3.8, 4) is 0 Å². The van der Waals surface area contributed by atoms with E-state index in [0.717, 1.165) is 34.9 Å². The number of nitrogens with one attached hydrogen (secondary N) is 3. The molecule has 1 amide bonds. The van der Waals surface area contributed by atoms with E-state index in [4.69, 9.17) is 9.78 Å². The van der Waals surface area contributed by atoms with Gasteiger partial charge in [-0.3, -0.25) is 4.79 Å². The number of benzene rings is 2. The Hall–Kier alpha value is -2.67. The molecule has 180 valence electrons. The second-order valence-electron chi connectivity index (χ2n) is 8.39. The van der Waals surface area contributed by atoms with Gasteiger partial charge in [-0.05, 0) is 43.0 Å². The number of hydrogen-bond donors (Lipinski definition) is 3. The zero-order valence-corrected chi connectivity index (χ0v) is 19.3. The van der Waals surface area contributed by atoms with Crippen molar-refractivity contribution in [2.24, 2.45) is 5.92 Å². The van der Waals surface area contributed by atoms with Crippen LogP contribution in [0.1, 0.15) is 45.2 Å². The van der Waals surface area contributed by atoms with E-state index in [0.29, 0.717) is 18.9 Å². The highest BCUT2D eigenvalue weighted by molar-refractivity contribution is 5.84. The van der Waals surface area contributed by atoms with Crippen LogP contribution in [0.2, 0.25) is 0 Å². The summed E-state index contributed by atoms with van der Waals surface area (Å²) >= 11 is 0. The molecule has 0 aliphatic rings. The maximum atomic E-state index is 13.0. The van der Waals surface area contributed by atoms with Crippen molar-refractivity contribution < 1.29 is 14.6 Å². The summed E-state index contributed by atoms with van der Waals surface area (Å²) in [5, 5.41) is 7.49. The Bertz CT molecular complexity index is 957. The average Bonchev–Trinajstić information content (AvgIpc) is 3.23. The van der Waals surface area contributed by atoms with E-state index >= 15 is 0 Å². The molecule has 2 unspecified atom stereocenters. The predicted molar refractivity (Wildman–Crippen MR) is 135 cm³/mol. The van der Waals surface area contributed by atoms with E-state index < -0.39 is 0 Å². The lowest BCUT2D eigenvalue weighted by Gasteiger charge is -2.24. The molecule has 3 aromatic rings. The van der Waals surface area contributed by atoms with E-state index in [1.165, 1.54) is 0 Å². The standard InChI is InChI=1S/C26H35N3O3.CH4/c1-4-19(2)14-25(27-3)26(30)29-22(18-32-31-17-20-10-6-5-7-11-20)15-21-16-28-24-13-9-8-12-23(21)24;/h5-13,16,19,22,25,27-28H,4,14-15,17-18H2,1-3H3,(H,29,30);1H4/t19-,22?,25?;/m0./s1. The van der Waals surface area contributed by atoms with Crippen molar-refractivity contribution in [3.05, 3.63) is 71.9 Å². The first-order chi connectivity index (χ1) is 15.6. The fourth-order valence-electron chi connectivity index (χ4n) is 3.76. The Balaban J connectivity index is 0.00000385. The van der Waals surface area contributed by atoms with Crippen molar-refractivity contribution in [2.75, 3.05) is 13.7 Å². The molecule has 6 nitrogen and oxygen atoms in total. The van der Waals surface area contributed by atoms with Gasteiger partial charge >= 0.3 is 0 Å². The number of H-pyrrole nitrogens is 1. The van der Waals surface area contributed by atoms with Gasteiger partial charge < -0.3 is 15.6 Å². The fraction of sp³-hybridized carbons (Fsp3) is 0.444. The van der Waals surface area contributed by atoms with E-state index in [1.807, 2.05) is 55.7 Å². The Labute approximate surface area is 198 Å². The predicted octanol–water partition coefficient (Wildman–Crippen LogP) is 5.00. The summed E-state index contributed by atoms with van der Waals surface area (Å²) in [6.07, 6.45) is 4.48. The SMILES string of the molecule is C.CC[C@H](C)CC(NC)C(=O)NC(COOCc1ccccc1)Cc1c[nH]c2ccccc12. The maximum absolute atomic E-state index is 13.0. The quantitative estimate of drug-likeness (QED) is 0.193. The first-order valence-corrected chi connectivity index (χ1v) is 11.4. The number of amides is 1. The molecule has 0 radical (unpaired) electrons. The van der Waals surface area contributed by atoms with Crippen LogP contribution in [0.25, 0.3) is 10.9 Å². The lowest BCUT2D eigenvalue weighted by atomic mass is 9.98. The molecule has 0 bridgehead atoms. The van der Waals surface area contributed by atoms with E-state index in [1.54, 1.807) is 0 Å². The molecule has 0 aliphatic carbocycles. The molecular weight excluding hydrogens is 414 g/mol. The van der Waals surface area contributed by atoms with Gasteiger partial charge in [-0.15, -0.1) is 0 Å². The second-order valence-corrected chi connectivity index (χ2v) is 8.39. The summed E-state index contributed by atoms with van der Waals surface area (Å²) in [4.78, 5) is 27.3. The van der Waals surface area contributed by atoms with Gasteiger partial charge in [0.1, 0.15) is 13.2 Å². The largest absolute Gasteiger partial charge is 0.361 e. The molecule has 6 heteroatoms. The van der Waals surface area contributed by atoms with Crippen LogP contribution in [0, 0.1) is 5.92 Å². The second kappa shape index (κ2) is 13.8. The highest BCUT2D eigenvalue weighted by atomic mass is 17.2. The van der Waals surface area contributed by atoms with Gasteiger partial charge in [-0.25, -0.2) is 9.78 Å². The monoisotopic (exact) mass is 453 g/mol. The summed E-state index contributed by atoms with van der Waals surface area (Å²) in [6, 6.07) is 17.6. The highest BCUT2D eigenvalue weighted by Crippen LogP contribution is 2.19. The Morgan fingerprint density at radius 1 is 1.06 bits per heavy atom. The molecule has 0 spiro atoms. The molecule has 3 atom stereocenters. The van der Waals surface area contributed by atoms with E-state index in [-0.39, 0.29) is 32.0 Å². The zero-order valence-electron chi connectivity index (χ0n) is 19.3. The number of fused-ring (bicyclic) bond motifs is 1. The molecule has 33 heavy (non-hydrogen) atoms. The number of hydrogen-bond acceptors (Lipinski definition) is 4. The highest BCUT2D eigenvalue weighted by Gasteiger charge is 2.23. The van der Waals surface area contributed by atoms with Gasteiger partial charge in [-0.2, -0.15) is 0 Å². The van der Waals surface area contributed by atoms with Gasteiger partial charge in [-0.1, -0.05) is 76.2 Å². The van der Waals surface area contributed by atoms with Crippen molar-refractivity contribution >= 4 is 16.8 Å². The van der Waals surface area contributed by atoms with E-state index in [9.17, 15) is 4.79 Å². The molecule has 1 heterocycles. The number of aromatic amines is 1. The summed E-state index contributed by atoms with van der Waals surface area (Å²) in [6.45, 7) is 4.94. The molecule has 0 aliphatic heterocycles. The van der Waals surface area contributed by atoms with Crippen LogP contribution in [0.5, 0.6) is 0 Å². The molecular formula is C27H39N3O3. The van der Waals surface area contributed by atoms with Crippen molar-refractivity contribution in [2.45, 2.75) is 59.2 Å². The van der Waals surface area contributed by atoms with Gasteiger partial charge in [0, 0.05) is 17.1 Å². The molecule has 0 saturated carbocycles. The lowest BCUT2D eigenvalue weighted by molar-refractivity contribution is -0.306. The Kier molecular flexibility index (Phi) is 11.1. The summed E-state index contributed by atoms with van der Waals surface area (Å²) in [5.41, 5.74) is 3.26. The third kappa shape index (κ3) is 8.00. The number of carbonyl (C=O) groups is 1. The summed E-state index contributed by atoms with van der Waals surface area (Å²) in [5.74, 6) is 0.458. The van der Waals surface area contributed by atoms with E-state index in [2.05, 4.69) is 41.6 Å². The number of likely N-dealkylation sites (N-methyl/N-ethyl adjacent to an activating group) is 1. The molecule has 3 rings (SSSR count). The smallest absolute Gasteiger partial charge is 0.237 e. The summed E-state index contributed by atoms with van der Waals surface area (Å²) < 4.78 is 0. The number of rotatable bonds is 13. The molecule has 1 aromatic heterocycles. The van der Waals surface area contributed by atoms with Crippen molar-refractivity contribution in [1.82, 2.24) is 15.6 Å². The number of aromatic nitrogens is 1. The van der Waals surface area contributed by atoms with Gasteiger partial charge in [0.2, 0.25) is 5.91 Å². The van der Waals surface area contributed by atoms with Crippen molar-refractivity contribution in [1.29, 1.82) is 0 Å². The maximum Gasteiger partial charge on any atom is 0.237 e. The third-order valence-electron chi connectivity index (χ3n) is 5.91. The molecule has 0 saturated heterocycles. The first-order valence-electron chi connectivity index (χ1n) is 11.4. The van der Waals surface area contributed by atoms with Crippen LogP contribution >= 0.6 is 0 Å². The third-order valence-corrected chi connectivity index (χ3v) is 5.91.